The van der Waals surface area contributed by atoms with Gasteiger partial charge in [0.15, 0.2) is 9.84 Å². The van der Waals surface area contributed by atoms with Gasteiger partial charge in [0.25, 0.3) is 0 Å². The van der Waals surface area contributed by atoms with E-state index in [1.165, 1.54) is 6.42 Å². The maximum atomic E-state index is 12.4. The fraction of sp³-hybridized carbons (Fsp3) is 0.857. The maximum Gasteiger partial charge on any atom is 0.220 e. The molecule has 3 rings (SSSR count). The van der Waals surface area contributed by atoms with Crippen molar-refractivity contribution in [1.82, 2.24) is 25.5 Å². The molecule has 9 heteroatoms. The van der Waals surface area contributed by atoms with E-state index in [0.29, 0.717) is 19.4 Å². The summed E-state index contributed by atoms with van der Waals surface area (Å²) in [5.41, 5.74) is -0.130. The summed E-state index contributed by atoms with van der Waals surface area (Å²) < 4.78 is 24.7. The fourth-order valence-corrected chi connectivity index (χ4v) is 5.49. The number of carbonyl (C=O) groups is 1. The Labute approximate surface area is 135 Å². The average Bonchev–Trinajstić information content (AvgIpc) is 3.09. The summed E-state index contributed by atoms with van der Waals surface area (Å²) in [6.45, 7) is 0.635. The predicted octanol–water partition coefficient (Wildman–Crippen LogP) is 0.317. The topological polar surface area (TPSA) is 107 Å². The first-order valence-corrected chi connectivity index (χ1v) is 9.99. The summed E-state index contributed by atoms with van der Waals surface area (Å²) in [4.78, 5) is 12.4. The molecule has 1 N–H and O–H groups in total. The van der Waals surface area contributed by atoms with Crippen molar-refractivity contribution in [1.29, 1.82) is 0 Å². The van der Waals surface area contributed by atoms with Crippen LogP contribution in [0.1, 0.15) is 44.9 Å². The van der Waals surface area contributed by atoms with Crippen LogP contribution in [0.4, 0.5) is 0 Å². The minimum Gasteiger partial charge on any atom is -0.352 e. The first kappa shape index (κ1) is 16.4. The Morgan fingerprint density at radius 3 is 2.70 bits per heavy atom. The molecule has 23 heavy (non-hydrogen) atoms. The quantitative estimate of drug-likeness (QED) is 0.826. The van der Waals surface area contributed by atoms with Crippen LogP contribution < -0.4 is 5.32 Å². The van der Waals surface area contributed by atoms with E-state index in [1.807, 2.05) is 0 Å². The Kier molecular flexibility index (Phi) is 4.65. The minimum atomic E-state index is -2.98. The molecule has 1 saturated carbocycles. The van der Waals surface area contributed by atoms with E-state index >= 15 is 0 Å². The monoisotopic (exact) mass is 341 g/mol. The largest absolute Gasteiger partial charge is 0.352 e. The molecule has 1 amide bonds. The molecular weight excluding hydrogens is 318 g/mol. The van der Waals surface area contributed by atoms with Crippen molar-refractivity contribution in [2.24, 2.45) is 5.41 Å². The van der Waals surface area contributed by atoms with E-state index in [-0.39, 0.29) is 28.9 Å². The van der Waals surface area contributed by atoms with Crippen LogP contribution >= 0.6 is 0 Å². The molecule has 2 heterocycles. The molecule has 8 nitrogen and oxygen atoms in total. The molecular formula is C14H23N5O3S. The van der Waals surface area contributed by atoms with Crippen LogP contribution in [0, 0.1) is 5.41 Å². The van der Waals surface area contributed by atoms with Gasteiger partial charge in [0.05, 0.1) is 18.1 Å². The van der Waals surface area contributed by atoms with Gasteiger partial charge in [-0.05, 0) is 35.1 Å². The number of nitrogens with one attached hydrogen (secondary N) is 1. The van der Waals surface area contributed by atoms with Crippen LogP contribution in [0.25, 0.3) is 0 Å². The molecule has 1 atom stereocenters. The third-order valence-electron chi connectivity index (χ3n) is 4.94. The summed E-state index contributed by atoms with van der Waals surface area (Å²) in [6.07, 6.45) is 7.86. The van der Waals surface area contributed by atoms with Gasteiger partial charge in [0.1, 0.15) is 6.33 Å². The molecule has 1 aromatic rings. The smallest absolute Gasteiger partial charge is 0.220 e. The lowest BCUT2D eigenvalue weighted by Gasteiger charge is -2.36. The van der Waals surface area contributed by atoms with Crippen molar-refractivity contribution < 1.29 is 13.2 Å². The highest BCUT2D eigenvalue weighted by Gasteiger charge is 2.36. The minimum absolute atomic E-state index is 0.0536. The Morgan fingerprint density at radius 2 is 2.09 bits per heavy atom. The molecule has 1 saturated heterocycles. The van der Waals surface area contributed by atoms with Crippen LogP contribution in [-0.4, -0.2) is 52.1 Å². The van der Waals surface area contributed by atoms with Crippen molar-refractivity contribution in [3.63, 3.8) is 0 Å². The van der Waals surface area contributed by atoms with Crippen molar-refractivity contribution in [3.8, 4) is 0 Å². The summed E-state index contributed by atoms with van der Waals surface area (Å²) in [5.74, 6) is 0.189. The third-order valence-corrected chi connectivity index (χ3v) is 6.70. The van der Waals surface area contributed by atoms with Gasteiger partial charge in [-0.25, -0.2) is 13.1 Å². The molecule has 0 radical (unpaired) electrons. The predicted molar refractivity (Wildman–Crippen MR) is 83.2 cm³/mol. The van der Waals surface area contributed by atoms with E-state index in [0.717, 1.165) is 25.7 Å². The van der Waals surface area contributed by atoms with Crippen LogP contribution in [0.5, 0.6) is 0 Å². The second-order valence-electron chi connectivity index (χ2n) is 6.91. The normalized spacial score (nSPS) is 26.0. The number of nitrogens with zero attached hydrogens (tertiary/aromatic N) is 4. The number of tetrazole rings is 1. The van der Waals surface area contributed by atoms with E-state index < -0.39 is 9.84 Å². The van der Waals surface area contributed by atoms with Crippen molar-refractivity contribution in [3.05, 3.63) is 6.33 Å². The number of sulfone groups is 1. The van der Waals surface area contributed by atoms with Crippen molar-refractivity contribution >= 4 is 15.7 Å². The first-order chi connectivity index (χ1) is 11.0. The second kappa shape index (κ2) is 6.54. The number of hydrogen-bond acceptors (Lipinski definition) is 6. The maximum absolute atomic E-state index is 12.4. The van der Waals surface area contributed by atoms with Gasteiger partial charge in [0.2, 0.25) is 5.91 Å². The molecule has 0 unspecified atom stereocenters. The lowest BCUT2D eigenvalue weighted by atomic mass is 9.71. The number of rotatable bonds is 5. The number of amides is 1. The molecule has 2 aliphatic rings. The Bertz CT molecular complexity index is 637. The molecule has 0 spiro atoms. The molecule has 128 valence electrons. The molecule has 1 aliphatic heterocycles. The Morgan fingerprint density at radius 1 is 1.30 bits per heavy atom. The number of aromatic nitrogens is 4. The third kappa shape index (κ3) is 4.27. The lowest BCUT2D eigenvalue weighted by molar-refractivity contribution is -0.125. The Hall–Kier alpha value is -1.51. The summed E-state index contributed by atoms with van der Waals surface area (Å²) in [6, 6.07) is -0.235. The zero-order valence-corrected chi connectivity index (χ0v) is 14.0. The van der Waals surface area contributed by atoms with Crippen molar-refractivity contribution in [2.75, 3.05) is 11.5 Å². The van der Waals surface area contributed by atoms with Crippen molar-refractivity contribution in [2.45, 2.75) is 57.5 Å². The first-order valence-electron chi connectivity index (χ1n) is 8.17. The summed E-state index contributed by atoms with van der Waals surface area (Å²) in [5, 5.41) is 14.2. The van der Waals surface area contributed by atoms with Gasteiger partial charge in [-0.3, -0.25) is 4.79 Å². The zero-order valence-electron chi connectivity index (χ0n) is 13.1. The number of carbonyl (C=O) groups excluding carboxylic acids is 1. The second-order valence-corrected chi connectivity index (χ2v) is 9.14. The van der Waals surface area contributed by atoms with Gasteiger partial charge < -0.3 is 5.32 Å². The molecule has 0 aromatic carbocycles. The van der Waals surface area contributed by atoms with Gasteiger partial charge in [0, 0.05) is 12.5 Å². The Balaban J connectivity index is 1.62. The van der Waals surface area contributed by atoms with Gasteiger partial charge >= 0.3 is 0 Å². The molecule has 1 aromatic heterocycles. The van der Waals surface area contributed by atoms with Crippen LogP contribution in [0.2, 0.25) is 0 Å². The summed E-state index contributed by atoms with van der Waals surface area (Å²) >= 11 is 0. The van der Waals surface area contributed by atoms with Crippen LogP contribution in [-0.2, 0) is 21.2 Å². The van der Waals surface area contributed by atoms with Gasteiger partial charge in [-0.1, -0.05) is 19.3 Å². The molecule has 0 bridgehead atoms. The zero-order chi connectivity index (χ0) is 16.3. The van der Waals surface area contributed by atoms with E-state index in [2.05, 4.69) is 20.8 Å². The highest BCUT2D eigenvalue weighted by molar-refractivity contribution is 7.91. The van der Waals surface area contributed by atoms with E-state index in [1.54, 1.807) is 11.0 Å². The number of hydrogen-bond donors (Lipinski definition) is 1. The van der Waals surface area contributed by atoms with E-state index in [9.17, 15) is 13.2 Å². The van der Waals surface area contributed by atoms with Gasteiger partial charge in [-0.2, -0.15) is 0 Å². The lowest BCUT2D eigenvalue weighted by Crippen LogP contribution is -2.41. The SMILES string of the molecule is O=C(CC1(Cn2cnnn2)CCCCC1)N[C@@H]1CCS(=O)(=O)C1. The molecule has 1 aliphatic carbocycles. The van der Waals surface area contributed by atoms with Gasteiger partial charge in [-0.15, -0.1) is 5.10 Å². The molecule has 2 fully saturated rings. The van der Waals surface area contributed by atoms with E-state index in [4.69, 9.17) is 0 Å². The summed E-state index contributed by atoms with van der Waals surface area (Å²) in [7, 11) is -2.98. The van der Waals surface area contributed by atoms with Crippen LogP contribution in [0.3, 0.4) is 0 Å². The van der Waals surface area contributed by atoms with Crippen LogP contribution in [0.15, 0.2) is 6.33 Å². The highest BCUT2D eigenvalue weighted by Crippen LogP contribution is 2.40. The standard InChI is InChI=1S/C14H23N5O3S/c20-13(16-12-4-7-23(21,22)9-12)8-14(5-2-1-3-6-14)10-19-11-15-17-18-19/h11-12H,1-10H2,(H,16,20)/t12-/m1/s1. The average molecular weight is 341 g/mol. The fourth-order valence-electron chi connectivity index (χ4n) is 3.82. The highest BCUT2D eigenvalue weighted by atomic mass is 32.2.